The number of rotatable bonds is 12. The Morgan fingerprint density at radius 1 is 0.911 bits per heavy atom. The van der Waals surface area contributed by atoms with Crippen molar-refractivity contribution in [3.8, 4) is 34.1 Å². The molecule has 0 fully saturated rings. The molecule has 0 N–H and O–H groups in total. The molecule has 3 rings (SSSR count). The van der Waals surface area contributed by atoms with Gasteiger partial charge in [-0.05, 0) is 88.3 Å². The van der Waals surface area contributed by atoms with E-state index in [-0.39, 0.29) is 16.8 Å². The Labute approximate surface area is 265 Å². The topological polar surface area (TPSA) is 119 Å². The maximum atomic E-state index is 13.4. The molecule has 1 amide bonds. The lowest BCUT2D eigenvalue weighted by molar-refractivity contribution is -0.166. The quantitative estimate of drug-likeness (QED) is 0.207. The van der Waals surface area contributed by atoms with Crippen molar-refractivity contribution in [2.24, 2.45) is 5.41 Å². The first kappa shape index (κ1) is 35.5. The van der Waals surface area contributed by atoms with Gasteiger partial charge in [0, 0.05) is 19.2 Å². The van der Waals surface area contributed by atoms with Gasteiger partial charge in [-0.2, -0.15) is 0 Å². The highest BCUT2D eigenvalue weighted by molar-refractivity contribution is 5.83. The number of ether oxygens (including phenoxy) is 7. The van der Waals surface area contributed by atoms with Crippen LogP contribution in [0, 0.1) is 5.41 Å². The molecule has 1 aliphatic carbocycles. The first-order chi connectivity index (χ1) is 21.2. The minimum absolute atomic E-state index is 0.145. The van der Waals surface area contributed by atoms with Crippen molar-refractivity contribution < 1.29 is 42.7 Å². The van der Waals surface area contributed by atoms with Gasteiger partial charge in [-0.1, -0.05) is 13.0 Å². The average Bonchev–Trinajstić information content (AvgIpc) is 3.26. The summed E-state index contributed by atoms with van der Waals surface area (Å²) in [5, 5.41) is 0. The normalized spacial score (nSPS) is 15.4. The van der Waals surface area contributed by atoms with E-state index in [0.29, 0.717) is 60.7 Å². The first-order valence-corrected chi connectivity index (χ1v) is 15.0. The van der Waals surface area contributed by atoms with E-state index in [4.69, 9.17) is 33.2 Å². The van der Waals surface area contributed by atoms with Gasteiger partial charge in [0.05, 0.1) is 45.5 Å². The van der Waals surface area contributed by atoms with Gasteiger partial charge in [0.2, 0.25) is 18.0 Å². The molecule has 2 atom stereocenters. The fourth-order valence-electron chi connectivity index (χ4n) is 5.39. The Hall–Kier alpha value is -3.99. The maximum Gasteiger partial charge on any atom is 0.412 e. The van der Waals surface area contributed by atoms with Crippen LogP contribution in [0.4, 0.5) is 4.79 Å². The first-order valence-electron chi connectivity index (χ1n) is 15.0. The van der Waals surface area contributed by atoms with Gasteiger partial charge in [-0.25, -0.2) is 4.79 Å². The Bertz CT molecular complexity index is 1430. The number of amides is 1. The standard InChI is InChI=1S/C34H47NO10/c1-11-34(5,16-17-45-33(2,3)4)31(37)43-20-44-32(38)35(6)24-14-12-21-18-27(40-8)29(41-9)30(42-10)28(21)22-13-15-26(39-7)25(36)19-23(22)24/h13,15,18-19,24H,11-12,14,16-17,20H2,1-10H3/t24-,34?/m0/s1. The predicted molar refractivity (Wildman–Crippen MR) is 169 cm³/mol. The molecule has 0 aromatic heterocycles. The third kappa shape index (κ3) is 8.00. The van der Waals surface area contributed by atoms with Crippen LogP contribution in [0.1, 0.15) is 71.0 Å². The van der Waals surface area contributed by atoms with E-state index < -0.39 is 30.3 Å². The molecule has 45 heavy (non-hydrogen) atoms. The van der Waals surface area contributed by atoms with Crippen molar-refractivity contribution in [1.29, 1.82) is 0 Å². The molecule has 0 heterocycles. The van der Waals surface area contributed by atoms with E-state index in [2.05, 4.69) is 0 Å². The van der Waals surface area contributed by atoms with Gasteiger partial charge in [-0.3, -0.25) is 9.59 Å². The predicted octanol–water partition coefficient (Wildman–Crippen LogP) is 5.93. The van der Waals surface area contributed by atoms with Crippen molar-refractivity contribution in [1.82, 2.24) is 4.90 Å². The highest BCUT2D eigenvalue weighted by Gasteiger charge is 2.35. The number of carbonyl (C=O) groups is 2. The van der Waals surface area contributed by atoms with Crippen LogP contribution < -0.4 is 24.4 Å². The Morgan fingerprint density at radius 2 is 1.58 bits per heavy atom. The zero-order chi connectivity index (χ0) is 33.5. The van der Waals surface area contributed by atoms with Crippen molar-refractivity contribution in [3.05, 3.63) is 45.6 Å². The molecule has 0 bridgehead atoms. The molecular formula is C34H47NO10. The summed E-state index contributed by atoms with van der Waals surface area (Å²) in [5.41, 5.74) is 1.36. The number of aryl methyl sites for hydroxylation is 1. The number of hydrogen-bond acceptors (Lipinski definition) is 10. The molecule has 0 aliphatic heterocycles. The second-order valence-electron chi connectivity index (χ2n) is 12.2. The van der Waals surface area contributed by atoms with Crippen molar-refractivity contribution in [2.75, 3.05) is 48.9 Å². The highest BCUT2D eigenvalue weighted by atomic mass is 16.7. The third-order valence-electron chi connectivity index (χ3n) is 8.28. The number of nitrogens with zero attached hydrogens (tertiary/aromatic N) is 1. The number of fused-ring (bicyclic) bond motifs is 3. The van der Waals surface area contributed by atoms with E-state index in [0.717, 1.165) is 11.1 Å². The van der Waals surface area contributed by atoms with E-state index in [1.54, 1.807) is 26.3 Å². The molecule has 2 aromatic rings. The molecular weight excluding hydrogens is 582 g/mol. The van der Waals surface area contributed by atoms with Gasteiger partial charge in [0.1, 0.15) is 0 Å². The lowest BCUT2D eigenvalue weighted by atomic mass is 9.84. The summed E-state index contributed by atoms with van der Waals surface area (Å²) in [4.78, 5) is 40.9. The Morgan fingerprint density at radius 3 is 2.16 bits per heavy atom. The van der Waals surface area contributed by atoms with Crippen LogP contribution in [0.2, 0.25) is 0 Å². The molecule has 0 radical (unpaired) electrons. The van der Waals surface area contributed by atoms with Crippen molar-refractivity contribution >= 4 is 12.1 Å². The van der Waals surface area contributed by atoms with Crippen LogP contribution in [0.3, 0.4) is 0 Å². The summed E-state index contributed by atoms with van der Waals surface area (Å²) in [5.74, 6) is 1.01. The third-order valence-corrected chi connectivity index (χ3v) is 8.28. The lowest BCUT2D eigenvalue weighted by Gasteiger charge is -2.29. The fraction of sp³-hybridized carbons (Fsp3) is 0.559. The van der Waals surface area contributed by atoms with E-state index in [9.17, 15) is 14.4 Å². The molecule has 1 unspecified atom stereocenters. The van der Waals surface area contributed by atoms with E-state index in [1.807, 2.05) is 40.7 Å². The zero-order valence-corrected chi connectivity index (χ0v) is 28.2. The van der Waals surface area contributed by atoms with Gasteiger partial charge < -0.3 is 38.1 Å². The number of methoxy groups -OCH3 is 4. The van der Waals surface area contributed by atoms with Gasteiger partial charge >= 0.3 is 12.1 Å². The van der Waals surface area contributed by atoms with E-state index >= 15 is 0 Å². The van der Waals surface area contributed by atoms with Gasteiger partial charge in [-0.15, -0.1) is 0 Å². The van der Waals surface area contributed by atoms with Crippen LogP contribution in [-0.2, 0) is 25.4 Å². The molecule has 0 spiro atoms. The van der Waals surface area contributed by atoms with Crippen LogP contribution in [0.25, 0.3) is 11.1 Å². The minimum atomic E-state index is -0.797. The summed E-state index contributed by atoms with van der Waals surface area (Å²) in [7, 11) is 7.62. The van der Waals surface area contributed by atoms with Gasteiger partial charge in [0.15, 0.2) is 17.2 Å². The number of benzene rings is 1. The maximum absolute atomic E-state index is 13.4. The van der Waals surface area contributed by atoms with Crippen LogP contribution >= 0.6 is 0 Å². The highest BCUT2D eigenvalue weighted by Crippen LogP contribution is 2.51. The second-order valence-corrected chi connectivity index (χ2v) is 12.2. The Balaban J connectivity index is 1.91. The van der Waals surface area contributed by atoms with Crippen LogP contribution in [-0.4, -0.2) is 71.5 Å². The minimum Gasteiger partial charge on any atom is -0.493 e. The molecule has 2 aromatic carbocycles. The summed E-state index contributed by atoms with van der Waals surface area (Å²) >= 11 is 0. The smallest absolute Gasteiger partial charge is 0.412 e. The molecule has 0 saturated carbocycles. The molecule has 11 heteroatoms. The van der Waals surface area contributed by atoms with Crippen LogP contribution in [0.15, 0.2) is 29.1 Å². The summed E-state index contributed by atoms with van der Waals surface area (Å²) in [6.07, 6.45) is 1.23. The van der Waals surface area contributed by atoms with Crippen LogP contribution in [0.5, 0.6) is 23.0 Å². The fourth-order valence-corrected chi connectivity index (χ4v) is 5.39. The molecule has 11 nitrogen and oxygen atoms in total. The summed E-state index contributed by atoms with van der Waals surface area (Å²) in [6, 6.07) is 6.13. The number of esters is 1. The van der Waals surface area contributed by atoms with Crippen molar-refractivity contribution in [3.63, 3.8) is 0 Å². The Kier molecular flexibility index (Phi) is 11.7. The largest absolute Gasteiger partial charge is 0.493 e. The molecule has 0 saturated heterocycles. The lowest BCUT2D eigenvalue weighted by Crippen LogP contribution is -2.35. The summed E-state index contributed by atoms with van der Waals surface area (Å²) < 4.78 is 39.0. The zero-order valence-electron chi connectivity index (χ0n) is 28.2. The van der Waals surface area contributed by atoms with Gasteiger partial charge in [0.25, 0.3) is 0 Å². The SMILES string of the molecule is CCC(C)(CCOC(C)(C)C)C(=O)OCOC(=O)N(C)[C@H]1CCc2cc(OC)c(OC)c(OC)c2-c2ccc(OC)c(=O)cc21. The monoisotopic (exact) mass is 629 g/mol. The molecule has 1 aliphatic rings. The number of hydrogen-bond donors (Lipinski definition) is 0. The average molecular weight is 630 g/mol. The summed E-state index contributed by atoms with van der Waals surface area (Å²) in [6.45, 7) is 9.41. The van der Waals surface area contributed by atoms with E-state index in [1.165, 1.54) is 32.3 Å². The second kappa shape index (κ2) is 14.9. The number of carbonyl (C=O) groups excluding carboxylic acids is 2. The van der Waals surface area contributed by atoms with Crippen molar-refractivity contribution in [2.45, 2.75) is 71.9 Å². The molecule has 248 valence electrons.